The first-order valence-electron chi connectivity index (χ1n) is 5.45. The molecule has 102 valence electrons. The molecule has 1 aromatic heterocycles. The second-order valence-corrected chi connectivity index (χ2v) is 4.00. The SMILES string of the molecule is Cn1ccnc1CNc1ccc(C(F)(F)F)cc1F. The van der Waals surface area contributed by atoms with E-state index in [2.05, 4.69) is 10.3 Å². The Morgan fingerprint density at radius 1 is 1.32 bits per heavy atom. The summed E-state index contributed by atoms with van der Waals surface area (Å²) in [6, 6.07) is 2.38. The molecule has 0 bridgehead atoms. The Balaban J connectivity index is 2.12. The van der Waals surface area contributed by atoms with Crippen LogP contribution in [-0.2, 0) is 19.8 Å². The summed E-state index contributed by atoms with van der Waals surface area (Å²) < 4.78 is 52.3. The summed E-state index contributed by atoms with van der Waals surface area (Å²) in [5.74, 6) is -0.289. The number of imidazole rings is 1. The van der Waals surface area contributed by atoms with Crippen molar-refractivity contribution in [3.63, 3.8) is 0 Å². The van der Waals surface area contributed by atoms with Crippen LogP contribution in [0.5, 0.6) is 0 Å². The number of rotatable bonds is 3. The molecule has 1 aromatic carbocycles. The van der Waals surface area contributed by atoms with E-state index in [1.165, 1.54) is 0 Å². The van der Waals surface area contributed by atoms with E-state index in [1.54, 1.807) is 24.0 Å². The minimum absolute atomic E-state index is 0.0102. The highest BCUT2D eigenvalue weighted by Crippen LogP contribution is 2.31. The van der Waals surface area contributed by atoms with E-state index in [0.717, 1.165) is 12.1 Å². The van der Waals surface area contributed by atoms with Crippen LogP contribution in [0.3, 0.4) is 0 Å². The van der Waals surface area contributed by atoms with Gasteiger partial charge in [-0.3, -0.25) is 0 Å². The lowest BCUT2D eigenvalue weighted by atomic mass is 10.2. The lowest BCUT2D eigenvalue weighted by Gasteiger charge is -2.11. The monoisotopic (exact) mass is 273 g/mol. The molecule has 0 atom stereocenters. The summed E-state index contributed by atoms with van der Waals surface area (Å²) in [6.45, 7) is 0.228. The summed E-state index contributed by atoms with van der Waals surface area (Å²) in [4.78, 5) is 4.02. The maximum Gasteiger partial charge on any atom is 0.416 e. The zero-order valence-corrected chi connectivity index (χ0v) is 10.0. The average molecular weight is 273 g/mol. The highest BCUT2D eigenvalue weighted by atomic mass is 19.4. The van der Waals surface area contributed by atoms with Crippen LogP contribution in [0.1, 0.15) is 11.4 Å². The van der Waals surface area contributed by atoms with Crippen molar-refractivity contribution in [2.24, 2.45) is 7.05 Å². The molecule has 2 rings (SSSR count). The number of hydrogen-bond acceptors (Lipinski definition) is 2. The van der Waals surface area contributed by atoms with Crippen molar-refractivity contribution in [2.75, 3.05) is 5.32 Å². The Morgan fingerprint density at radius 2 is 2.05 bits per heavy atom. The summed E-state index contributed by atoms with van der Waals surface area (Å²) in [6.07, 6.45) is -1.24. The zero-order chi connectivity index (χ0) is 14.0. The Bertz CT molecular complexity index is 575. The van der Waals surface area contributed by atoms with Crippen LogP contribution in [0, 0.1) is 5.82 Å². The van der Waals surface area contributed by atoms with Crippen LogP contribution < -0.4 is 5.32 Å². The van der Waals surface area contributed by atoms with Gasteiger partial charge in [0.1, 0.15) is 11.6 Å². The molecule has 0 radical (unpaired) electrons. The summed E-state index contributed by atoms with van der Waals surface area (Å²) in [5.41, 5.74) is -0.997. The van der Waals surface area contributed by atoms with Crippen LogP contribution in [0.25, 0.3) is 0 Å². The third-order valence-corrected chi connectivity index (χ3v) is 2.65. The minimum Gasteiger partial charge on any atom is -0.375 e. The van der Waals surface area contributed by atoms with Crippen molar-refractivity contribution in [1.82, 2.24) is 9.55 Å². The second kappa shape index (κ2) is 4.91. The van der Waals surface area contributed by atoms with Gasteiger partial charge in [0.25, 0.3) is 0 Å². The van der Waals surface area contributed by atoms with E-state index in [-0.39, 0.29) is 12.2 Å². The number of nitrogens with one attached hydrogen (secondary N) is 1. The lowest BCUT2D eigenvalue weighted by Crippen LogP contribution is -2.09. The summed E-state index contributed by atoms with van der Waals surface area (Å²) in [5, 5.41) is 2.71. The predicted molar refractivity (Wildman–Crippen MR) is 61.9 cm³/mol. The highest BCUT2D eigenvalue weighted by Gasteiger charge is 2.31. The molecule has 0 aliphatic heterocycles. The predicted octanol–water partition coefficient (Wildman–Crippen LogP) is 3.19. The number of anilines is 1. The largest absolute Gasteiger partial charge is 0.416 e. The first-order valence-corrected chi connectivity index (χ1v) is 5.45. The minimum atomic E-state index is -4.54. The molecule has 1 heterocycles. The van der Waals surface area contributed by atoms with Crippen molar-refractivity contribution < 1.29 is 17.6 Å². The first kappa shape index (κ1) is 13.4. The maximum atomic E-state index is 13.5. The highest BCUT2D eigenvalue weighted by molar-refractivity contribution is 5.46. The Kier molecular flexibility index (Phi) is 3.46. The number of nitrogens with zero attached hydrogens (tertiary/aromatic N) is 2. The molecule has 0 spiro atoms. The first-order chi connectivity index (χ1) is 8.88. The number of aryl methyl sites for hydroxylation is 1. The lowest BCUT2D eigenvalue weighted by molar-refractivity contribution is -0.137. The van der Waals surface area contributed by atoms with E-state index in [1.807, 2.05) is 0 Å². The van der Waals surface area contributed by atoms with Gasteiger partial charge in [0.2, 0.25) is 0 Å². The van der Waals surface area contributed by atoms with E-state index >= 15 is 0 Å². The van der Waals surface area contributed by atoms with Crippen LogP contribution in [-0.4, -0.2) is 9.55 Å². The normalized spacial score (nSPS) is 11.6. The Morgan fingerprint density at radius 3 is 2.58 bits per heavy atom. The number of benzene rings is 1. The molecule has 7 heteroatoms. The Hall–Kier alpha value is -2.05. The molecular formula is C12H11F4N3. The quantitative estimate of drug-likeness (QED) is 0.870. The molecule has 1 N–H and O–H groups in total. The third kappa shape index (κ3) is 3.04. The van der Waals surface area contributed by atoms with E-state index < -0.39 is 17.6 Å². The fourth-order valence-corrected chi connectivity index (χ4v) is 1.58. The molecular weight excluding hydrogens is 262 g/mol. The number of hydrogen-bond donors (Lipinski definition) is 1. The number of alkyl halides is 3. The van der Waals surface area contributed by atoms with Gasteiger partial charge in [0, 0.05) is 19.4 Å². The van der Waals surface area contributed by atoms with Crippen molar-refractivity contribution in [3.8, 4) is 0 Å². The molecule has 2 aromatic rings. The van der Waals surface area contributed by atoms with Gasteiger partial charge in [-0.25, -0.2) is 9.37 Å². The van der Waals surface area contributed by atoms with Crippen LogP contribution in [0.2, 0.25) is 0 Å². The smallest absolute Gasteiger partial charge is 0.375 e. The molecule has 0 unspecified atom stereocenters. The van der Waals surface area contributed by atoms with Gasteiger partial charge < -0.3 is 9.88 Å². The van der Waals surface area contributed by atoms with Gasteiger partial charge in [0.15, 0.2) is 0 Å². The molecule has 0 amide bonds. The summed E-state index contributed by atoms with van der Waals surface area (Å²) in [7, 11) is 1.77. The van der Waals surface area contributed by atoms with Crippen LogP contribution >= 0.6 is 0 Å². The molecule has 0 aliphatic carbocycles. The van der Waals surface area contributed by atoms with Crippen LogP contribution in [0.15, 0.2) is 30.6 Å². The topological polar surface area (TPSA) is 29.9 Å². The maximum absolute atomic E-state index is 13.5. The van der Waals surface area contributed by atoms with Crippen molar-refractivity contribution in [1.29, 1.82) is 0 Å². The molecule has 0 aliphatic rings. The fourth-order valence-electron chi connectivity index (χ4n) is 1.58. The molecule has 0 fully saturated rings. The van der Waals surface area contributed by atoms with E-state index in [0.29, 0.717) is 11.9 Å². The standard InChI is InChI=1S/C12H11F4N3/c1-19-5-4-17-11(19)7-18-10-3-2-8(6-9(10)13)12(14,15)16/h2-6,18H,7H2,1H3. The summed E-state index contributed by atoms with van der Waals surface area (Å²) >= 11 is 0. The van der Waals surface area contributed by atoms with Gasteiger partial charge in [-0.05, 0) is 18.2 Å². The zero-order valence-electron chi connectivity index (χ0n) is 10.0. The van der Waals surface area contributed by atoms with Crippen molar-refractivity contribution in [2.45, 2.75) is 12.7 Å². The molecule has 0 saturated carbocycles. The fraction of sp³-hybridized carbons (Fsp3) is 0.250. The van der Waals surface area contributed by atoms with E-state index in [9.17, 15) is 17.6 Å². The van der Waals surface area contributed by atoms with Crippen LogP contribution in [0.4, 0.5) is 23.2 Å². The number of halogens is 4. The molecule has 19 heavy (non-hydrogen) atoms. The number of aromatic nitrogens is 2. The van der Waals surface area contributed by atoms with Gasteiger partial charge in [-0.2, -0.15) is 13.2 Å². The van der Waals surface area contributed by atoms with Crippen molar-refractivity contribution in [3.05, 3.63) is 47.8 Å². The Labute approximate surface area is 106 Å². The van der Waals surface area contributed by atoms with Gasteiger partial charge in [-0.15, -0.1) is 0 Å². The third-order valence-electron chi connectivity index (χ3n) is 2.65. The average Bonchev–Trinajstić information content (AvgIpc) is 2.72. The molecule has 0 saturated heterocycles. The van der Waals surface area contributed by atoms with E-state index in [4.69, 9.17) is 0 Å². The van der Waals surface area contributed by atoms with Gasteiger partial charge in [0.05, 0.1) is 17.8 Å². The van der Waals surface area contributed by atoms with Gasteiger partial charge in [-0.1, -0.05) is 0 Å². The van der Waals surface area contributed by atoms with Crippen molar-refractivity contribution >= 4 is 5.69 Å². The molecule has 3 nitrogen and oxygen atoms in total. The van der Waals surface area contributed by atoms with Gasteiger partial charge >= 0.3 is 6.18 Å². The second-order valence-electron chi connectivity index (χ2n) is 4.00.